The van der Waals surface area contributed by atoms with Crippen molar-refractivity contribution in [1.82, 2.24) is 25.5 Å². The zero-order valence-electron chi connectivity index (χ0n) is 35.0. The van der Waals surface area contributed by atoms with E-state index in [1.165, 1.54) is 31.4 Å². The molecule has 4 heterocycles. The zero-order chi connectivity index (χ0) is 46.2. The van der Waals surface area contributed by atoms with Gasteiger partial charge in [-0.2, -0.15) is 0 Å². The number of rotatable bonds is 13. The second kappa shape index (κ2) is 17.5. The summed E-state index contributed by atoms with van der Waals surface area (Å²) in [6.45, 7) is 13.8. The van der Waals surface area contributed by atoms with Crippen LogP contribution in [0.25, 0.3) is 10.9 Å². The first-order chi connectivity index (χ1) is 28.7. The summed E-state index contributed by atoms with van der Waals surface area (Å²) in [4.78, 5) is 117. The third-order valence-corrected chi connectivity index (χ3v) is 11.2. The number of oxime groups is 1. The van der Waals surface area contributed by atoms with Crippen LogP contribution in [0.2, 0.25) is 0 Å². The molecule has 0 spiro atoms. The van der Waals surface area contributed by atoms with Crippen LogP contribution in [0, 0.1) is 10.8 Å². The number of pyridine rings is 1. The van der Waals surface area contributed by atoms with E-state index in [0.29, 0.717) is 0 Å². The number of carboxylic acid groups (broad SMARTS) is 2. The monoisotopic (exact) mass is 899 g/mol. The molecule has 332 valence electrons. The molecule has 2 unspecified atom stereocenters. The van der Waals surface area contributed by atoms with Crippen LogP contribution in [-0.4, -0.2) is 101 Å². The molecule has 3 amide bonds. The van der Waals surface area contributed by atoms with E-state index in [1.807, 2.05) is 0 Å². The number of anilines is 1. The van der Waals surface area contributed by atoms with Crippen molar-refractivity contribution in [2.24, 2.45) is 16.0 Å². The molecule has 0 saturated carbocycles. The molecule has 62 heavy (non-hydrogen) atoms. The molecule has 5 rings (SSSR count). The fourth-order valence-electron chi connectivity index (χ4n) is 5.57. The van der Waals surface area contributed by atoms with Gasteiger partial charge in [0.05, 0.1) is 27.8 Å². The minimum Gasteiger partial charge on any atom is -0.478 e. The highest BCUT2D eigenvalue weighted by Gasteiger charge is 2.55. The van der Waals surface area contributed by atoms with Crippen LogP contribution in [0.1, 0.15) is 84.8 Å². The zero-order valence-corrected chi connectivity index (χ0v) is 36.6. The fraction of sp³-hybridized carbons (Fsp3) is 0.436. The van der Waals surface area contributed by atoms with Gasteiger partial charge >= 0.3 is 24.1 Å². The summed E-state index contributed by atoms with van der Waals surface area (Å²) in [6.07, 6.45) is -0.514. The number of β-lactam (4-membered cyclic amide) rings is 1. The highest BCUT2D eigenvalue weighted by Crippen LogP contribution is 2.42. The number of carbonyl (C=O) groups is 7. The summed E-state index contributed by atoms with van der Waals surface area (Å²) in [5, 5.41) is 28.5. The molecule has 3 aromatic rings. The molecule has 3 atom stereocenters. The Morgan fingerprint density at radius 3 is 2.13 bits per heavy atom. The summed E-state index contributed by atoms with van der Waals surface area (Å²) in [7, 11) is 0. The molecule has 0 bridgehead atoms. The number of benzene rings is 1. The number of nitrogens with zero attached hydrogens (tertiary/aromatic N) is 3. The number of ether oxygens (including phenoxy) is 3. The van der Waals surface area contributed by atoms with Gasteiger partial charge in [-0.3, -0.25) is 33.7 Å². The number of hydrogen-bond donors (Lipinski definition) is 6. The first-order valence-corrected chi connectivity index (χ1v) is 20.7. The van der Waals surface area contributed by atoms with E-state index in [0.717, 1.165) is 34.2 Å². The SMILES string of the molecule is CCC(NC(=O)c1c[nH]c2cc(OC(=O)C(C)(C)C)c(OC(=O)C(C)(C)C)cc2c1=O)C1=C(OC(=O)O)N2C(=O)C(NC(=O)/C(=N\OC(C)(C)C(=O)O)c3csc(N)n3)[C@@H]2SC1. The highest BCUT2D eigenvalue weighted by atomic mass is 32.2. The summed E-state index contributed by atoms with van der Waals surface area (Å²) in [5.74, 6) is -6.20. The number of H-pyrrole nitrogens is 1. The Bertz CT molecular complexity index is 2500. The van der Waals surface area contributed by atoms with Crippen LogP contribution in [0.5, 0.6) is 11.5 Å². The van der Waals surface area contributed by atoms with E-state index in [9.17, 15) is 48.6 Å². The molecule has 0 radical (unpaired) electrons. The molecule has 23 heteroatoms. The van der Waals surface area contributed by atoms with E-state index in [-0.39, 0.29) is 56.5 Å². The van der Waals surface area contributed by atoms with Gasteiger partial charge in [0.1, 0.15) is 22.7 Å². The molecular weight excluding hydrogens is 855 g/mol. The minimum atomic E-state index is -1.85. The van der Waals surface area contributed by atoms with Crippen LogP contribution >= 0.6 is 23.1 Å². The molecule has 0 aliphatic carbocycles. The number of nitrogens with one attached hydrogen (secondary N) is 3. The summed E-state index contributed by atoms with van der Waals surface area (Å²) in [6, 6.07) is 0.236. The van der Waals surface area contributed by atoms with Gasteiger partial charge in [-0.05, 0) is 67.9 Å². The van der Waals surface area contributed by atoms with Gasteiger partial charge in [0.2, 0.25) is 16.9 Å². The van der Waals surface area contributed by atoms with Gasteiger partial charge in [-0.25, -0.2) is 14.6 Å². The fourth-order valence-corrected chi connectivity index (χ4v) is 7.51. The molecule has 2 aromatic heterocycles. The largest absolute Gasteiger partial charge is 0.512 e. The molecule has 2 aliphatic rings. The van der Waals surface area contributed by atoms with Gasteiger partial charge < -0.3 is 50.6 Å². The van der Waals surface area contributed by atoms with Crippen molar-refractivity contribution in [3.8, 4) is 11.5 Å². The van der Waals surface area contributed by atoms with E-state index >= 15 is 0 Å². The molecule has 1 fully saturated rings. The Balaban J connectivity index is 1.43. The van der Waals surface area contributed by atoms with E-state index in [1.54, 1.807) is 48.5 Å². The van der Waals surface area contributed by atoms with Crippen molar-refractivity contribution in [2.45, 2.75) is 91.8 Å². The summed E-state index contributed by atoms with van der Waals surface area (Å²) in [5.41, 5.74) is 0.544. The van der Waals surface area contributed by atoms with Crippen LogP contribution in [-0.2, 0) is 33.5 Å². The van der Waals surface area contributed by atoms with Crippen molar-refractivity contribution in [1.29, 1.82) is 0 Å². The number of amides is 3. The predicted molar refractivity (Wildman–Crippen MR) is 223 cm³/mol. The van der Waals surface area contributed by atoms with E-state index in [2.05, 4.69) is 25.8 Å². The number of carboxylic acids is 1. The number of nitrogens with two attached hydrogens (primary N) is 1. The van der Waals surface area contributed by atoms with Crippen molar-refractivity contribution >= 4 is 86.6 Å². The average Bonchev–Trinajstić information content (AvgIpc) is 3.60. The maximum atomic E-state index is 13.9. The number of carbonyl (C=O) groups excluding carboxylic acids is 5. The highest BCUT2D eigenvalue weighted by molar-refractivity contribution is 8.00. The number of aromatic nitrogens is 2. The summed E-state index contributed by atoms with van der Waals surface area (Å²) < 4.78 is 16.3. The number of fused-ring (bicyclic) bond motifs is 2. The topological polar surface area (TPSA) is 308 Å². The van der Waals surface area contributed by atoms with Gasteiger partial charge in [-0.1, -0.05) is 12.1 Å². The van der Waals surface area contributed by atoms with E-state index in [4.69, 9.17) is 24.8 Å². The molecule has 7 N–H and O–H groups in total. The normalized spacial score (nSPS) is 17.3. The average molecular weight is 900 g/mol. The number of aliphatic carboxylic acids is 1. The molecule has 1 saturated heterocycles. The Labute approximate surface area is 361 Å². The molecule has 1 aromatic carbocycles. The van der Waals surface area contributed by atoms with Crippen LogP contribution in [0.4, 0.5) is 9.93 Å². The number of thioether (sulfide) groups is 1. The number of hydrogen-bond acceptors (Lipinski definition) is 17. The Kier molecular flexibility index (Phi) is 13.1. The van der Waals surface area contributed by atoms with Gasteiger partial charge in [-0.15, -0.1) is 23.1 Å². The lowest BCUT2D eigenvalue weighted by Crippen LogP contribution is -2.71. The third-order valence-electron chi connectivity index (χ3n) is 9.23. The lowest BCUT2D eigenvalue weighted by molar-refractivity contribution is -0.161. The number of aromatic amines is 1. The maximum absolute atomic E-state index is 13.9. The lowest BCUT2D eigenvalue weighted by atomic mass is 9.97. The molecule has 2 aliphatic heterocycles. The Morgan fingerprint density at radius 2 is 1.60 bits per heavy atom. The molecule has 21 nitrogen and oxygen atoms in total. The smallest absolute Gasteiger partial charge is 0.478 e. The minimum absolute atomic E-state index is 0.0195. The van der Waals surface area contributed by atoms with Gasteiger partial charge in [0.15, 0.2) is 22.3 Å². The van der Waals surface area contributed by atoms with Crippen LogP contribution in [0.15, 0.2) is 45.1 Å². The Hall–Kier alpha value is -6.49. The van der Waals surface area contributed by atoms with Crippen molar-refractivity contribution in [3.63, 3.8) is 0 Å². The van der Waals surface area contributed by atoms with Crippen molar-refractivity contribution in [2.75, 3.05) is 11.5 Å². The van der Waals surface area contributed by atoms with Gasteiger partial charge in [0.25, 0.3) is 17.7 Å². The first-order valence-electron chi connectivity index (χ1n) is 18.8. The van der Waals surface area contributed by atoms with Crippen molar-refractivity contribution < 1.29 is 62.8 Å². The standard InChI is InChI=1S/C39H45N7O14S2/c1-10-19(42-27(48)17-13-41-20-12-23(58-34(54)38(5,6)7)22(11-16(20)26(17)47)57-33(53)37(2,3)4)18-14-61-31-25(29(50)46(31)30(18)59-36(55)56)44-28(49)24(21-15-62-35(40)43-21)45-60-39(8,9)32(51)52/h11-13,15,19,25,31H,10,14H2,1-9H3,(H2,40,43)(H,41,47)(H,42,48)(H,44,49)(H,51,52)(H,55,56)/b45-24-/t19?,25?,31-/m0/s1. The van der Waals surface area contributed by atoms with Crippen LogP contribution in [0.3, 0.4) is 0 Å². The lowest BCUT2D eigenvalue weighted by Gasteiger charge is -2.49. The number of thiazole rings is 1. The second-order valence-corrected chi connectivity index (χ2v) is 18.6. The third kappa shape index (κ3) is 9.83. The Morgan fingerprint density at radius 1 is 0.984 bits per heavy atom. The predicted octanol–water partition coefficient (Wildman–Crippen LogP) is 3.57. The quantitative estimate of drug-likeness (QED) is 0.0470. The summed E-state index contributed by atoms with van der Waals surface area (Å²) >= 11 is 2.07. The second-order valence-electron chi connectivity index (χ2n) is 16.6. The van der Waals surface area contributed by atoms with Gasteiger partial charge in [0, 0.05) is 29.0 Å². The maximum Gasteiger partial charge on any atom is 0.512 e. The van der Waals surface area contributed by atoms with Crippen LogP contribution < -0.4 is 31.3 Å². The molecular formula is C39H45N7O14S2. The van der Waals surface area contributed by atoms with Crippen molar-refractivity contribution in [3.05, 3.63) is 56.6 Å². The number of esters is 2. The van der Waals surface area contributed by atoms with E-state index < -0.39 is 92.7 Å². The first kappa shape index (κ1) is 46.6. The number of nitrogen functional groups attached to an aromatic ring is 1.